The van der Waals surface area contributed by atoms with Crippen molar-refractivity contribution in [1.82, 2.24) is 4.57 Å². The molecule has 18 heavy (non-hydrogen) atoms. The second-order valence-corrected chi connectivity index (χ2v) is 3.89. The molecule has 0 atom stereocenters. The highest BCUT2D eigenvalue weighted by Crippen LogP contribution is 2.37. The summed E-state index contributed by atoms with van der Waals surface area (Å²) in [4.78, 5) is 10.9. The third kappa shape index (κ3) is 2.03. The number of hydrogen-bond acceptors (Lipinski definition) is 1. The lowest BCUT2D eigenvalue weighted by atomic mass is 10.00. The number of hydrogen-bond donors (Lipinski definition) is 0. The number of aromatic nitrogens is 1. The van der Waals surface area contributed by atoms with Gasteiger partial charge in [-0.2, -0.15) is 13.2 Å². The largest absolute Gasteiger partial charge is 0.417 e. The highest BCUT2D eigenvalue weighted by molar-refractivity contribution is 5.87. The third-order valence-electron chi connectivity index (χ3n) is 2.76. The van der Waals surface area contributed by atoms with Crippen LogP contribution in [0.15, 0.2) is 36.5 Å². The predicted octanol–water partition coefficient (Wildman–Crippen LogP) is 3.52. The van der Waals surface area contributed by atoms with E-state index >= 15 is 0 Å². The van der Waals surface area contributed by atoms with Crippen LogP contribution >= 0.6 is 0 Å². The number of carbonyl (C=O) groups excluding carboxylic acids is 1. The average molecular weight is 253 g/mol. The molecule has 2 nitrogen and oxygen atoms in total. The van der Waals surface area contributed by atoms with Crippen LogP contribution in [0.5, 0.6) is 0 Å². The van der Waals surface area contributed by atoms with Gasteiger partial charge in [-0.25, -0.2) is 0 Å². The fraction of sp³-hybridized carbons (Fsp3) is 0.154. The van der Waals surface area contributed by atoms with E-state index in [1.54, 1.807) is 13.2 Å². The van der Waals surface area contributed by atoms with Gasteiger partial charge in [0.15, 0.2) is 6.29 Å². The lowest BCUT2D eigenvalue weighted by Crippen LogP contribution is -2.07. The first kappa shape index (κ1) is 12.4. The van der Waals surface area contributed by atoms with Crippen molar-refractivity contribution in [2.45, 2.75) is 6.18 Å². The summed E-state index contributed by atoms with van der Waals surface area (Å²) in [5.74, 6) is 0. The molecule has 0 bridgehead atoms. The Labute approximate surface area is 102 Å². The van der Waals surface area contributed by atoms with Crippen LogP contribution in [0.25, 0.3) is 11.1 Å². The van der Waals surface area contributed by atoms with Crippen molar-refractivity contribution in [3.05, 3.63) is 47.8 Å². The summed E-state index contributed by atoms with van der Waals surface area (Å²) in [5, 5.41) is 0. The Morgan fingerprint density at radius 1 is 1.11 bits per heavy atom. The van der Waals surface area contributed by atoms with E-state index in [9.17, 15) is 18.0 Å². The molecule has 0 spiro atoms. The van der Waals surface area contributed by atoms with E-state index in [2.05, 4.69) is 0 Å². The zero-order valence-corrected chi connectivity index (χ0v) is 9.53. The van der Waals surface area contributed by atoms with E-state index in [-0.39, 0.29) is 11.3 Å². The number of halogens is 3. The molecule has 0 unspecified atom stereocenters. The first-order valence-corrected chi connectivity index (χ1v) is 5.22. The minimum atomic E-state index is -4.44. The second kappa shape index (κ2) is 4.33. The van der Waals surface area contributed by atoms with Crippen molar-refractivity contribution < 1.29 is 18.0 Å². The molecule has 2 rings (SSSR count). The average Bonchev–Trinajstić information content (AvgIpc) is 2.69. The standard InChI is InChI=1S/C13H10F3NO/c1-17-7-6-10(12(17)8-18)9-4-2-3-5-11(9)13(14,15)16/h2-8H,1H3. The molecule has 0 aliphatic carbocycles. The predicted molar refractivity (Wildman–Crippen MR) is 61.2 cm³/mol. The summed E-state index contributed by atoms with van der Waals surface area (Å²) in [5.41, 5.74) is -0.195. The van der Waals surface area contributed by atoms with Gasteiger partial charge in [-0.15, -0.1) is 0 Å². The molecule has 1 aromatic carbocycles. The van der Waals surface area contributed by atoms with Gasteiger partial charge in [-0.1, -0.05) is 18.2 Å². The molecule has 0 saturated carbocycles. The van der Waals surface area contributed by atoms with E-state index < -0.39 is 11.7 Å². The van der Waals surface area contributed by atoms with E-state index in [0.29, 0.717) is 11.8 Å². The van der Waals surface area contributed by atoms with Crippen molar-refractivity contribution in [3.63, 3.8) is 0 Å². The quantitative estimate of drug-likeness (QED) is 0.750. The minimum Gasteiger partial charge on any atom is -0.348 e. The number of alkyl halides is 3. The number of nitrogens with zero attached hydrogens (tertiary/aromatic N) is 1. The smallest absolute Gasteiger partial charge is 0.348 e. The van der Waals surface area contributed by atoms with Gasteiger partial charge in [0.1, 0.15) is 0 Å². The van der Waals surface area contributed by atoms with Gasteiger partial charge in [-0.3, -0.25) is 4.79 Å². The number of carbonyl (C=O) groups is 1. The van der Waals surface area contributed by atoms with E-state index in [1.165, 1.54) is 28.8 Å². The molecular weight excluding hydrogens is 243 g/mol. The molecule has 0 radical (unpaired) electrons. The summed E-state index contributed by atoms with van der Waals surface area (Å²) < 4.78 is 40.1. The van der Waals surface area contributed by atoms with Crippen LogP contribution in [0.4, 0.5) is 13.2 Å². The maximum absolute atomic E-state index is 12.9. The molecule has 5 heteroatoms. The van der Waals surface area contributed by atoms with Gasteiger partial charge in [0.25, 0.3) is 0 Å². The SMILES string of the molecule is Cn1ccc(-c2ccccc2C(F)(F)F)c1C=O. The van der Waals surface area contributed by atoms with Crippen molar-refractivity contribution in [1.29, 1.82) is 0 Å². The van der Waals surface area contributed by atoms with Gasteiger partial charge in [-0.05, 0) is 17.7 Å². The van der Waals surface area contributed by atoms with Gasteiger partial charge in [0, 0.05) is 18.8 Å². The maximum atomic E-state index is 12.9. The topological polar surface area (TPSA) is 22.0 Å². The van der Waals surface area contributed by atoms with Gasteiger partial charge in [0.05, 0.1) is 11.3 Å². The molecule has 2 aromatic rings. The molecule has 1 aromatic heterocycles. The molecule has 1 heterocycles. The Kier molecular flexibility index (Phi) is 2.98. The van der Waals surface area contributed by atoms with Crippen LogP contribution in [0.3, 0.4) is 0 Å². The monoisotopic (exact) mass is 253 g/mol. The molecule has 0 fully saturated rings. The summed E-state index contributed by atoms with van der Waals surface area (Å²) in [7, 11) is 1.61. The molecule has 0 aliphatic heterocycles. The summed E-state index contributed by atoms with van der Waals surface area (Å²) >= 11 is 0. The zero-order valence-electron chi connectivity index (χ0n) is 9.53. The number of benzene rings is 1. The Bertz CT molecular complexity index is 584. The lowest BCUT2D eigenvalue weighted by molar-refractivity contribution is -0.137. The van der Waals surface area contributed by atoms with Crippen LogP contribution < -0.4 is 0 Å². The summed E-state index contributed by atoms with van der Waals surface area (Å²) in [6, 6.07) is 6.73. The molecule has 94 valence electrons. The van der Waals surface area contributed by atoms with Gasteiger partial charge in [0.2, 0.25) is 0 Å². The summed E-state index contributed by atoms with van der Waals surface area (Å²) in [6.45, 7) is 0. The summed E-state index contributed by atoms with van der Waals surface area (Å²) in [6.07, 6.45) is -2.32. The minimum absolute atomic E-state index is 0.0210. The molecule has 0 aliphatic rings. The van der Waals surface area contributed by atoms with Crippen LogP contribution in [-0.2, 0) is 13.2 Å². The molecule has 0 saturated heterocycles. The first-order chi connectivity index (χ1) is 8.45. The van der Waals surface area contributed by atoms with Crippen LogP contribution in [0, 0.1) is 0 Å². The van der Waals surface area contributed by atoms with Crippen molar-refractivity contribution >= 4 is 6.29 Å². The van der Waals surface area contributed by atoms with Crippen LogP contribution in [0.1, 0.15) is 16.1 Å². The van der Waals surface area contributed by atoms with Crippen LogP contribution in [-0.4, -0.2) is 10.9 Å². The Morgan fingerprint density at radius 3 is 2.39 bits per heavy atom. The number of rotatable bonds is 2. The van der Waals surface area contributed by atoms with Gasteiger partial charge < -0.3 is 4.57 Å². The molecule has 0 amide bonds. The first-order valence-electron chi connectivity index (χ1n) is 5.22. The fourth-order valence-corrected chi connectivity index (χ4v) is 1.88. The second-order valence-electron chi connectivity index (χ2n) is 3.89. The molecule has 0 N–H and O–H groups in total. The molecular formula is C13H10F3NO. The van der Waals surface area contributed by atoms with Gasteiger partial charge >= 0.3 is 6.18 Å². The van der Waals surface area contributed by atoms with E-state index in [4.69, 9.17) is 0 Å². The highest BCUT2D eigenvalue weighted by atomic mass is 19.4. The van der Waals surface area contributed by atoms with E-state index in [1.807, 2.05) is 0 Å². The van der Waals surface area contributed by atoms with E-state index in [0.717, 1.165) is 6.07 Å². The van der Waals surface area contributed by atoms with Crippen molar-refractivity contribution in [2.24, 2.45) is 7.05 Å². The zero-order chi connectivity index (χ0) is 13.3. The highest BCUT2D eigenvalue weighted by Gasteiger charge is 2.33. The van der Waals surface area contributed by atoms with Crippen molar-refractivity contribution in [3.8, 4) is 11.1 Å². The number of aryl methyl sites for hydroxylation is 1. The Balaban J connectivity index is 2.68. The Hall–Kier alpha value is -2.04. The fourth-order valence-electron chi connectivity index (χ4n) is 1.88. The normalized spacial score (nSPS) is 11.6. The Morgan fingerprint density at radius 2 is 1.78 bits per heavy atom. The van der Waals surface area contributed by atoms with Crippen molar-refractivity contribution in [2.75, 3.05) is 0 Å². The maximum Gasteiger partial charge on any atom is 0.417 e. The lowest BCUT2D eigenvalue weighted by Gasteiger charge is -2.12. The third-order valence-corrected chi connectivity index (χ3v) is 2.76. The van der Waals surface area contributed by atoms with Crippen LogP contribution in [0.2, 0.25) is 0 Å². The number of aldehydes is 1.